The second-order valence-electron chi connectivity index (χ2n) is 5.33. The molecule has 0 aliphatic heterocycles. The van der Waals surface area contributed by atoms with E-state index >= 15 is 0 Å². The molecular formula is C17H17N3O2S. The Bertz CT molecular complexity index is 870. The minimum absolute atomic E-state index is 0.0575. The maximum atomic E-state index is 12.2. The van der Waals surface area contributed by atoms with Gasteiger partial charge in [-0.3, -0.25) is 14.2 Å². The first-order valence-electron chi connectivity index (χ1n) is 7.42. The van der Waals surface area contributed by atoms with E-state index in [-0.39, 0.29) is 23.9 Å². The van der Waals surface area contributed by atoms with Crippen LogP contribution in [0.25, 0.3) is 10.2 Å². The summed E-state index contributed by atoms with van der Waals surface area (Å²) in [6.45, 7) is 2.27. The number of carbonyl (C=O) groups is 1. The first-order valence-corrected chi connectivity index (χ1v) is 8.30. The third-order valence-electron chi connectivity index (χ3n) is 3.71. The van der Waals surface area contributed by atoms with Crippen LogP contribution >= 0.6 is 11.3 Å². The molecule has 0 spiro atoms. The Morgan fingerprint density at radius 1 is 1.30 bits per heavy atom. The lowest BCUT2D eigenvalue weighted by atomic mass is 10.1. The average Bonchev–Trinajstić information content (AvgIpc) is 3.04. The number of hydrogen-bond donors (Lipinski definition) is 1. The monoisotopic (exact) mass is 327 g/mol. The summed E-state index contributed by atoms with van der Waals surface area (Å²) in [5, 5.41) is 5.40. The number of nitrogens with zero attached hydrogens (tertiary/aromatic N) is 2. The van der Waals surface area contributed by atoms with Crippen LogP contribution in [0.1, 0.15) is 24.9 Å². The largest absolute Gasteiger partial charge is 0.350 e. The van der Waals surface area contributed by atoms with E-state index in [4.69, 9.17) is 0 Å². The molecule has 2 heterocycles. The van der Waals surface area contributed by atoms with Crippen LogP contribution in [-0.4, -0.2) is 15.5 Å². The lowest BCUT2D eigenvalue weighted by Crippen LogP contribution is -2.29. The van der Waals surface area contributed by atoms with Crippen molar-refractivity contribution in [1.29, 1.82) is 0 Å². The second kappa shape index (κ2) is 6.75. The van der Waals surface area contributed by atoms with Gasteiger partial charge in [-0.15, -0.1) is 11.3 Å². The summed E-state index contributed by atoms with van der Waals surface area (Å²) in [4.78, 5) is 29.3. The molecule has 0 saturated carbocycles. The van der Waals surface area contributed by atoms with E-state index in [0.717, 1.165) is 10.4 Å². The highest BCUT2D eigenvalue weighted by atomic mass is 32.1. The number of aromatic nitrogens is 2. The number of aryl methyl sites for hydroxylation is 1. The molecule has 1 amide bonds. The minimum Gasteiger partial charge on any atom is -0.350 e. The van der Waals surface area contributed by atoms with Crippen molar-refractivity contribution in [2.75, 3.05) is 0 Å². The van der Waals surface area contributed by atoms with E-state index in [1.807, 2.05) is 42.6 Å². The fraction of sp³-hybridized carbons (Fsp3) is 0.235. The SMILES string of the molecule is CC(NC(=O)CCn1cnc2sccc2c1=O)c1ccccc1. The molecule has 0 aliphatic rings. The molecule has 6 heteroatoms. The van der Waals surface area contributed by atoms with Gasteiger partial charge < -0.3 is 5.32 Å². The topological polar surface area (TPSA) is 64.0 Å². The Hall–Kier alpha value is -2.47. The van der Waals surface area contributed by atoms with Gasteiger partial charge >= 0.3 is 0 Å². The fourth-order valence-electron chi connectivity index (χ4n) is 2.41. The molecule has 5 nitrogen and oxygen atoms in total. The Morgan fingerprint density at radius 3 is 2.87 bits per heavy atom. The Labute approximate surface area is 137 Å². The van der Waals surface area contributed by atoms with Crippen LogP contribution in [0.4, 0.5) is 0 Å². The van der Waals surface area contributed by atoms with Crippen LogP contribution in [0.15, 0.2) is 52.9 Å². The molecule has 23 heavy (non-hydrogen) atoms. The van der Waals surface area contributed by atoms with E-state index in [1.54, 1.807) is 6.07 Å². The van der Waals surface area contributed by atoms with Crippen molar-refractivity contribution in [3.8, 4) is 0 Å². The van der Waals surface area contributed by atoms with Crippen LogP contribution < -0.4 is 10.9 Å². The molecule has 3 aromatic rings. The normalized spacial score (nSPS) is 12.2. The van der Waals surface area contributed by atoms with E-state index in [9.17, 15) is 9.59 Å². The standard InChI is InChI=1S/C17H17N3O2S/c1-12(13-5-3-2-4-6-13)19-15(21)7-9-20-11-18-16-14(17(20)22)8-10-23-16/h2-6,8,10-12H,7,9H2,1H3,(H,19,21). The highest BCUT2D eigenvalue weighted by Gasteiger charge is 2.10. The predicted octanol–water partition coefficient (Wildman–Crippen LogP) is 2.73. The van der Waals surface area contributed by atoms with Crippen molar-refractivity contribution in [3.05, 3.63) is 64.0 Å². The third-order valence-corrected chi connectivity index (χ3v) is 4.53. The van der Waals surface area contributed by atoms with Crippen LogP contribution in [0, 0.1) is 0 Å². The maximum Gasteiger partial charge on any atom is 0.262 e. The number of fused-ring (bicyclic) bond motifs is 1. The molecule has 2 aromatic heterocycles. The Balaban J connectivity index is 1.62. The van der Waals surface area contributed by atoms with Gasteiger partial charge in [0, 0.05) is 13.0 Å². The second-order valence-corrected chi connectivity index (χ2v) is 6.23. The molecular weight excluding hydrogens is 310 g/mol. The molecule has 118 valence electrons. The van der Waals surface area contributed by atoms with Gasteiger partial charge in [0.15, 0.2) is 0 Å². The van der Waals surface area contributed by atoms with Crippen molar-refractivity contribution < 1.29 is 4.79 Å². The van der Waals surface area contributed by atoms with E-state index in [0.29, 0.717) is 11.9 Å². The molecule has 1 unspecified atom stereocenters. The summed E-state index contributed by atoms with van der Waals surface area (Å²) in [5.41, 5.74) is 0.958. The molecule has 1 aromatic carbocycles. The summed E-state index contributed by atoms with van der Waals surface area (Å²) in [7, 11) is 0. The van der Waals surface area contributed by atoms with Crippen LogP contribution in [-0.2, 0) is 11.3 Å². The van der Waals surface area contributed by atoms with Gasteiger partial charge in [-0.25, -0.2) is 4.98 Å². The molecule has 1 N–H and O–H groups in total. The number of thiophene rings is 1. The molecule has 0 aliphatic carbocycles. The highest BCUT2D eigenvalue weighted by molar-refractivity contribution is 7.16. The molecule has 0 bridgehead atoms. The van der Waals surface area contributed by atoms with Crippen LogP contribution in [0.5, 0.6) is 0 Å². The average molecular weight is 327 g/mol. The van der Waals surface area contributed by atoms with Gasteiger partial charge in [0.05, 0.1) is 17.8 Å². The predicted molar refractivity (Wildman–Crippen MR) is 91.5 cm³/mol. The quantitative estimate of drug-likeness (QED) is 0.784. The zero-order valence-electron chi connectivity index (χ0n) is 12.7. The van der Waals surface area contributed by atoms with Crippen LogP contribution in [0.2, 0.25) is 0 Å². The van der Waals surface area contributed by atoms with Gasteiger partial charge in [-0.1, -0.05) is 30.3 Å². The summed E-state index contributed by atoms with van der Waals surface area (Å²) >= 11 is 1.44. The van der Waals surface area contributed by atoms with Gasteiger partial charge in [0.2, 0.25) is 5.91 Å². The van der Waals surface area contributed by atoms with Crippen LogP contribution in [0.3, 0.4) is 0 Å². The molecule has 1 atom stereocenters. The fourth-order valence-corrected chi connectivity index (χ4v) is 3.14. The lowest BCUT2D eigenvalue weighted by Gasteiger charge is -2.14. The zero-order chi connectivity index (χ0) is 16.2. The number of carbonyl (C=O) groups excluding carboxylic acids is 1. The van der Waals surface area contributed by atoms with E-state index in [2.05, 4.69) is 10.3 Å². The molecule has 0 fully saturated rings. The molecule has 3 rings (SSSR count). The summed E-state index contributed by atoms with van der Waals surface area (Å²) in [5.74, 6) is -0.0846. The van der Waals surface area contributed by atoms with Crippen molar-refractivity contribution in [2.24, 2.45) is 0 Å². The zero-order valence-corrected chi connectivity index (χ0v) is 13.5. The van der Waals surface area contributed by atoms with Gasteiger partial charge in [-0.05, 0) is 23.9 Å². The molecule has 0 radical (unpaired) electrons. The van der Waals surface area contributed by atoms with Gasteiger partial charge in [-0.2, -0.15) is 0 Å². The Morgan fingerprint density at radius 2 is 2.09 bits per heavy atom. The first-order chi connectivity index (χ1) is 11.1. The maximum absolute atomic E-state index is 12.2. The van der Waals surface area contributed by atoms with Gasteiger partial charge in [0.1, 0.15) is 4.83 Å². The minimum atomic E-state index is -0.0971. The van der Waals surface area contributed by atoms with Crippen molar-refractivity contribution >= 4 is 27.5 Å². The summed E-state index contributed by atoms with van der Waals surface area (Å²) < 4.78 is 1.49. The van der Waals surface area contributed by atoms with E-state index in [1.165, 1.54) is 22.2 Å². The smallest absolute Gasteiger partial charge is 0.262 e. The summed E-state index contributed by atoms with van der Waals surface area (Å²) in [6.07, 6.45) is 1.75. The first kappa shape index (κ1) is 15.4. The number of benzene rings is 1. The number of amides is 1. The number of rotatable bonds is 5. The highest BCUT2D eigenvalue weighted by Crippen LogP contribution is 2.13. The van der Waals surface area contributed by atoms with Gasteiger partial charge in [0.25, 0.3) is 5.56 Å². The lowest BCUT2D eigenvalue weighted by molar-refractivity contribution is -0.121. The molecule has 0 saturated heterocycles. The van der Waals surface area contributed by atoms with E-state index < -0.39 is 0 Å². The summed E-state index contributed by atoms with van der Waals surface area (Å²) in [6, 6.07) is 11.5. The number of nitrogens with one attached hydrogen (secondary N) is 1. The van der Waals surface area contributed by atoms with Crippen molar-refractivity contribution in [3.63, 3.8) is 0 Å². The number of hydrogen-bond acceptors (Lipinski definition) is 4. The Kier molecular flexibility index (Phi) is 4.52. The third kappa shape index (κ3) is 3.48. The van der Waals surface area contributed by atoms with Crippen molar-refractivity contribution in [2.45, 2.75) is 25.9 Å². The van der Waals surface area contributed by atoms with Crippen molar-refractivity contribution in [1.82, 2.24) is 14.9 Å².